The van der Waals surface area contributed by atoms with Crippen LogP contribution in [0.3, 0.4) is 0 Å². The number of nitrogens with zero attached hydrogens (tertiary/aromatic N) is 2. The third-order valence-electron chi connectivity index (χ3n) is 2.49. The highest BCUT2D eigenvalue weighted by Gasteiger charge is 2.05. The molecule has 0 spiro atoms. The Labute approximate surface area is 126 Å². The predicted molar refractivity (Wildman–Crippen MR) is 77.7 cm³/mol. The topological polar surface area (TPSA) is 66.9 Å². The Kier molecular flexibility index (Phi) is 5.29. The molecule has 1 aromatic carbocycles. The first-order valence-electron chi connectivity index (χ1n) is 5.87. The molecule has 2 N–H and O–H groups in total. The lowest BCUT2D eigenvalue weighted by Crippen LogP contribution is -2.33. The zero-order chi connectivity index (χ0) is 14.4. The van der Waals surface area contributed by atoms with Gasteiger partial charge in [-0.1, -0.05) is 29.8 Å². The largest absolute Gasteiger partial charge is 0.339 e. The van der Waals surface area contributed by atoms with Gasteiger partial charge in [0.25, 0.3) is 5.91 Å². The number of carbonyl (C=O) groups excluding carboxylic acids is 1. The van der Waals surface area contributed by atoms with Crippen molar-refractivity contribution in [1.29, 1.82) is 0 Å². The van der Waals surface area contributed by atoms with Gasteiger partial charge in [0, 0.05) is 12.1 Å². The molecule has 0 saturated carbocycles. The number of halogens is 2. The van der Waals surface area contributed by atoms with E-state index in [2.05, 4.69) is 20.6 Å². The molecular weight excluding hydrogens is 299 g/mol. The Hall–Kier alpha value is -1.69. The van der Waals surface area contributed by atoms with Crippen LogP contribution in [0.15, 0.2) is 36.5 Å². The Balaban J connectivity index is 1.79. The van der Waals surface area contributed by atoms with Crippen molar-refractivity contribution in [3.05, 3.63) is 58.1 Å². The lowest BCUT2D eigenvalue weighted by atomic mass is 10.2. The second kappa shape index (κ2) is 7.19. The molecule has 0 saturated heterocycles. The minimum Gasteiger partial charge on any atom is -0.339 e. The van der Waals surface area contributed by atoms with E-state index in [4.69, 9.17) is 23.2 Å². The Morgan fingerprint density at radius 3 is 2.70 bits per heavy atom. The van der Waals surface area contributed by atoms with Crippen molar-refractivity contribution in [2.75, 3.05) is 6.67 Å². The number of nitrogens with one attached hydrogen (secondary N) is 2. The molecule has 1 heterocycles. The van der Waals surface area contributed by atoms with Gasteiger partial charge >= 0.3 is 0 Å². The first-order valence-corrected chi connectivity index (χ1v) is 6.63. The molecule has 0 unspecified atom stereocenters. The lowest BCUT2D eigenvalue weighted by molar-refractivity contribution is 0.0950. The van der Waals surface area contributed by atoms with Crippen LogP contribution < -0.4 is 10.6 Å². The minimum atomic E-state index is -0.148. The van der Waals surface area contributed by atoms with Crippen LogP contribution in [0, 0.1) is 0 Å². The summed E-state index contributed by atoms with van der Waals surface area (Å²) in [6.45, 7) is 0.682. The molecule has 0 aliphatic rings. The van der Waals surface area contributed by atoms with Gasteiger partial charge in [-0.3, -0.25) is 10.1 Å². The van der Waals surface area contributed by atoms with Crippen LogP contribution >= 0.6 is 23.2 Å². The fraction of sp³-hybridized carbons (Fsp3) is 0.154. The van der Waals surface area contributed by atoms with Crippen LogP contribution in [0.5, 0.6) is 0 Å². The second-order valence-electron chi connectivity index (χ2n) is 3.91. The van der Waals surface area contributed by atoms with E-state index < -0.39 is 0 Å². The van der Waals surface area contributed by atoms with Gasteiger partial charge in [0.05, 0.1) is 23.6 Å². The Bertz CT molecular complexity index is 592. The Morgan fingerprint density at radius 1 is 1.20 bits per heavy atom. The van der Waals surface area contributed by atoms with Crippen LogP contribution in [-0.2, 0) is 6.54 Å². The maximum Gasteiger partial charge on any atom is 0.252 e. The molecule has 5 nitrogen and oxygen atoms in total. The number of hydrogen-bond donors (Lipinski definition) is 2. The van der Waals surface area contributed by atoms with Crippen molar-refractivity contribution in [2.45, 2.75) is 6.54 Å². The molecule has 1 amide bonds. The van der Waals surface area contributed by atoms with Gasteiger partial charge < -0.3 is 5.32 Å². The molecule has 7 heteroatoms. The predicted octanol–water partition coefficient (Wildman–Crippen LogP) is 2.26. The first kappa shape index (κ1) is 14.7. The zero-order valence-corrected chi connectivity index (χ0v) is 11.9. The maximum absolute atomic E-state index is 11.8. The first-order chi connectivity index (χ1) is 9.66. The van der Waals surface area contributed by atoms with Crippen molar-refractivity contribution >= 4 is 29.1 Å². The normalized spacial score (nSPS) is 10.3. The van der Waals surface area contributed by atoms with Gasteiger partial charge in [-0.15, -0.1) is 0 Å². The lowest BCUT2D eigenvalue weighted by Gasteiger charge is -2.08. The van der Waals surface area contributed by atoms with Crippen molar-refractivity contribution in [3.63, 3.8) is 0 Å². The molecule has 0 bridgehead atoms. The molecule has 20 heavy (non-hydrogen) atoms. The second-order valence-corrected chi connectivity index (χ2v) is 4.65. The van der Waals surface area contributed by atoms with E-state index in [9.17, 15) is 4.79 Å². The van der Waals surface area contributed by atoms with E-state index in [1.54, 1.807) is 12.1 Å². The van der Waals surface area contributed by atoms with Crippen molar-refractivity contribution < 1.29 is 4.79 Å². The number of hydrogen-bond acceptors (Lipinski definition) is 4. The zero-order valence-electron chi connectivity index (χ0n) is 10.4. The molecular formula is C13H12Cl2N4O. The Morgan fingerprint density at radius 2 is 1.95 bits per heavy atom. The number of rotatable bonds is 5. The third kappa shape index (κ3) is 4.16. The highest BCUT2D eigenvalue weighted by atomic mass is 35.5. The number of aromatic nitrogens is 2. The van der Waals surface area contributed by atoms with Gasteiger partial charge in [0.2, 0.25) is 5.28 Å². The summed E-state index contributed by atoms with van der Waals surface area (Å²) in [6, 6.07) is 8.97. The summed E-state index contributed by atoms with van der Waals surface area (Å²) in [7, 11) is 0. The van der Waals surface area contributed by atoms with Gasteiger partial charge in [-0.2, -0.15) is 0 Å². The summed E-state index contributed by atoms with van der Waals surface area (Å²) in [5.41, 5.74) is 1.19. The third-order valence-corrected chi connectivity index (χ3v) is 2.99. The highest BCUT2D eigenvalue weighted by Crippen LogP contribution is 2.13. The van der Waals surface area contributed by atoms with Crippen LogP contribution in [0.4, 0.5) is 0 Å². The van der Waals surface area contributed by atoms with E-state index in [0.29, 0.717) is 29.5 Å². The van der Waals surface area contributed by atoms with Crippen molar-refractivity contribution in [1.82, 2.24) is 20.6 Å². The molecule has 2 aromatic rings. The fourth-order valence-electron chi connectivity index (χ4n) is 1.52. The van der Waals surface area contributed by atoms with Gasteiger partial charge in [0.15, 0.2) is 0 Å². The molecule has 0 fully saturated rings. The molecule has 0 radical (unpaired) electrons. The number of amides is 1. The van der Waals surface area contributed by atoms with Gasteiger partial charge in [-0.05, 0) is 23.7 Å². The van der Waals surface area contributed by atoms with Crippen molar-refractivity contribution in [3.8, 4) is 0 Å². The van der Waals surface area contributed by atoms with E-state index in [-0.39, 0.29) is 11.2 Å². The maximum atomic E-state index is 11.8. The van der Waals surface area contributed by atoms with E-state index in [0.717, 1.165) is 0 Å². The summed E-state index contributed by atoms with van der Waals surface area (Å²) in [5.74, 6) is -0.148. The van der Waals surface area contributed by atoms with Crippen LogP contribution in [-0.4, -0.2) is 22.5 Å². The smallest absolute Gasteiger partial charge is 0.252 e. The standard InChI is InChI=1S/C13H12Cl2N4O/c14-10-6-17-13(15)19-11(10)7-16-8-18-12(20)9-4-2-1-3-5-9/h1-6,16H,7-8H2,(H,18,20). The van der Waals surface area contributed by atoms with Gasteiger partial charge in [-0.25, -0.2) is 9.97 Å². The van der Waals surface area contributed by atoms with E-state index in [1.807, 2.05) is 18.2 Å². The average Bonchev–Trinajstić information content (AvgIpc) is 2.47. The summed E-state index contributed by atoms with van der Waals surface area (Å²) in [6.07, 6.45) is 1.44. The molecule has 1 aromatic heterocycles. The van der Waals surface area contributed by atoms with Crippen LogP contribution in [0.2, 0.25) is 10.3 Å². The molecule has 0 aliphatic heterocycles. The van der Waals surface area contributed by atoms with Crippen molar-refractivity contribution in [2.24, 2.45) is 0 Å². The summed E-state index contributed by atoms with van der Waals surface area (Å²) in [4.78, 5) is 19.5. The molecule has 0 atom stereocenters. The molecule has 0 aliphatic carbocycles. The summed E-state index contributed by atoms with van der Waals surface area (Å²) < 4.78 is 0. The highest BCUT2D eigenvalue weighted by molar-refractivity contribution is 6.31. The SMILES string of the molecule is O=C(NCNCc1nc(Cl)ncc1Cl)c1ccccc1. The van der Waals surface area contributed by atoms with Crippen LogP contribution in [0.1, 0.15) is 16.1 Å². The van der Waals surface area contributed by atoms with E-state index in [1.165, 1.54) is 6.20 Å². The average molecular weight is 311 g/mol. The van der Waals surface area contributed by atoms with Gasteiger partial charge in [0.1, 0.15) is 0 Å². The quantitative estimate of drug-likeness (QED) is 0.505. The molecule has 104 valence electrons. The number of benzene rings is 1. The van der Waals surface area contributed by atoms with Crippen LogP contribution in [0.25, 0.3) is 0 Å². The van der Waals surface area contributed by atoms with E-state index >= 15 is 0 Å². The number of carbonyl (C=O) groups is 1. The molecule has 2 rings (SSSR count). The fourth-order valence-corrected chi connectivity index (χ4v) is 1.83. The minimum absolute atomic E-state index is 0.138. The monoisotopic (exact) mass is 310 g/mol. The summed E-state index contributed by atoms with van der Waals surface area (Å²) in [5, 5.41) is 6.30. The summed E-state index contributed by atoms with van der Waals surface area (Å²) >= 11 is 11.6.